The highest BCUT2D eigenvalue weighted by atomic mass is 16.5. The molecule has 0 spiro atoms. The Bertz CT molecular complexity index is 542. The first-order chi connectivity index (χ1) is 9.06. The number of fused-ring (bicyclic) bond motifs is 1. The number of carboxylic acids is 1. The van der Waals surface area contributed by atoms with Crippen LogP contribution in [0, 0.1) is 6.92 Å². The SMILES string of the molecule is Cc1cc2c(c(C3(C(=O)O)CCCC3)c1O)CCO2. The van der Waals surface area contributed by atoms with Gasteiger partial charge in [-0.1, -0.05) is 12.8 Å². The van der Waals surface area contributed by atoms with Crippen molar-refractivity contribution in [3.05, 3.63) is 22.8 Å². The molecule has 3 rings (SSSR count). The van der Waals surface area contributed by atoms with Crippen LogP contribution in [0.4, 0.5) is 0 Å². The van der Waals surface area contributed by atoms with E-state index in [0.29, 0.717) is 37.0 Å². The van der Waals surface area contributed by atoms with Gasteiger partial charge in [0, 0.05) is 17.5 Å². The van der Waals surface area contributed by atoms with E-state index in [9.17, 15) is 15.0 Å². The fourth-order valence-corrected chi connectivity index (χ4v) is 3.52. The summed E-state index contributed by atoms with van der Waals surface area (Å²) >= 11 is 0. The molecule has 1 fully saturated rings. The smallest absolute Gasteiger partial charge is 0.314 e. The largest absolute Gasteiger partial charge is 0.507 e. The Morgan fingerprint density at radius 1 is 1.37 bits per heavy atom. The molecule has 19 heavy (non-hydrogen) atoms. The predicted molar refractivity (Wildman–Crippen MR) is 69.8 cm³/mol. The van der Waals surface area contributed by atoms with Crippen LogP contribution in [-0.2, 0) is 16.6 Å². The molecule has 0 saturated heterocycles. The number of ether oxygens (including phenoxy) is 1. The van der Waals surface area contributed by atoms with E-state index in [0.717, 1.165) is 24.2 Å². The van der Waals surface area contributed by atoms with Crippen molar-refractivity contribution in [3.8, 4) is 11.5 Å². The van der Waals surface area contributed by atoms with Gasteiger partial charge in [0.05, 0.1) is 12.0 Å². The van der Waals surface area contributed by atoms with Crippen molar-refractivity contribution in [2.24, 2.45) is 0 Å². The number of carbonyl (C=O) groups is 1. The van der Waals surface area contributed by atoms with E-state index in [2.05, 4.69) is 0 Å². The molecule has 1 heterocycles. The van der Waals surface area contributed by atoms with Crippen LogP contribution in [0.3, 0.4) is 0 Å². The molecule has 1 aliphatic carbocycles. The minimum atomic E-state index is -0.923. The van der Waals surface area contributed by atoms with Crippen LogP contribution in [0.2, 0.25) is 0 Å². The Hall–Kier alpha value is -1.71. The van der Waals surface area contributed by atoms with Gasteiger partial charge >= 0.3 is 5.97 Å². The molecule has 1 aromatic rings. The maximum atomic E-state index is 11.8. The number of phenols is 1. The lowest BCUT2D eigenvalue weighted by atomic mass is 9.75. The third-order valence-electron chi connectivity index (χ3n) is 4.51. The Balaban J connectivity index is 2.27. The summed E-state index contributed by atoms with van der Waals surface area (Å²) in [4.78, 5) is 11.8. The zero-order valence-electron chi connectivity index (χ0n) is 11.0. The molecule has 4 nitrogen and oxygen atoms in total. The molecule has 1 aliphatic heterocycles. The minimum Gasteiger partial charge on any atom is -0.507 e. The van der Waals surface area contributed by atoms with Crippen LogP contribution >= 0.6 is 0 Å². The maximum Gasteiger partial charge on any atom is 0.314 e. The van der Waals surface area contributed by atoms with E-state index < -0.39 is 11.4 Å². The van der Waals surface area contributed by atoms with Gasteiger partial charge in [0.15, 0.2) is 0 Å². The fraction of sp³-hybridized carbons (Fsp3) is 0.533. The Labute approximate surface area is 112 Å². The first-order valence-electron chi connectivity index (χ1n) is 6.78. The molecule has 0 aromatic heterocycles. The second-order valence-electron chi connectivity index (χ2n) is 5.59. The maximum absolute atomic E-state index is 11.8. The third-order valence-corrected chi connectivity index (χ3v) is 4.51. The van der Waals surface area contributed by atoms with E-state index in [4.69, 9.17) is 4.74 Å². The molecule has 0 radical (unpaired) electrons. The Kier molecular flexibility index (Phi) is 2.69. The summed E-state index contributed by atoms with van der Waals surface area (Å²) in [5.41, 5.74) is 1.29. The number of hydrogen-bond donors (Lipinski definition) is 2. The van der Waals surface area contributed by atoms with Crippen molar-refractivity contribution < 1.29 is 19.7 Å². The van der Waals surface area contributed by atoms with Gasteiger partial charge in [0.1, 0.15) is 11.5 Å². The monoisotopic (exact) mass is 262 g/mol. The molecule has 2 aliphatic rings. The highest BCUT2D eigenvalue weighted by Gasteiger charge is 2.47. The standard InChI is InChI=1S/C15H18O4/c1-9-8-11-10(4-7-19-11)12(13(9)16)15(14(17)18)5-2-3-6-15/h8,16H,2-7H2,1H3,(H,17,18). The van der Waals surface area contributed by atoms with E-state index in [1.54, 1.807) is 6.92 Å². The van der Waals surface area contributed by atoms with Gasteiger partial charge < -0.3 is 14.9 Å². The third kappa shape index (κ3) is 1.62. The molecule has 0 bridgehead atoms. The van der Waals surface area contributed by atoms with Crippen LogP contribution in [0.15, 0.2) is 6.07 Å². The Morgan fingerprint density at radius 3 is 2.68 bits per heavy atom. The molecule has 102 valence electrons. The molecule has 1 saturated carbocycles. The summed E-state index contributed by atoms with van der Waals surface area (Å²) in [7, 11) is 0. The topological polar surface area (TPSA) is 66.8 Å². The normalized spacial score (nSPS) is 20.1. The molecule has 1 aromatic carbocycles. The van der Waals surface area contributed by atoms with Crippen LogP contribution < -0.4 is 4.74 Å². The zero-order chi connectivity index (χ0) is 13.6. The van der Waals surface area contributed by atoms with Crippen molar-refractivity contribution in [2.75, 3.05) is 6.61 Å². The van der Waals surface area contributed by atoms with Gasteiger partial charge in [-0.3, -0.25) is 4.79 Å². The van der Waals surface area contributed by atoms with Crippen LogP contribution in [0.1, 0.15) is 42.4 Å². The predicted octanol–water partition coefficient (Wildman–Crippen LogP) is 2.53. The number of aliphatic carboxylic acids is 1. The summed E-state index contributed by atoms with van der Waals surface area (Å²) in [5, 5.41) is 20.1. The molecular weight excluding hydrogens is 244 g/mol. The van der Waals surface area contributed by atoms with Crippen molar-refractivity contribution in [1.82, 2.24) is 0 Å². The number of benzene rings is 1. The number of aryl methyl sites for hydroxylation is 1. The first-order valence-corrected chi connectivity index (χ1v) is 6.78. The summed E-state index contributed by atoms with van der Waals surface area (Å²) < 4.78 is 5.56. The van der Waals surface area contributed by atoms with E-state index in [1.807, 2.05) is 6.07 Å². The average Bonchev–Trinajstić information content (AvgIpc) is 2.99. The molecule has 4 heteroatoms. The van der Waals surface area contributed by atoms with Crippen LogP contribution in [0.25, 0.3) is 0 Å². The van der Waals surface area contributed by atoms with E-state index in [1.165, 1.54) is 0 Å². The summed E-state index contributed by atoms with van der Waals surface area (Å²) in [6.07, 6.45) is 3.69. The second-order valence-corrected chi connectivity index (χ2v) is 5.59. The van der Waals surface area contributed by atoms with Gasteiger partial charge in [-0.05, 0) is 31.4 Å². The van der Waals surface area contributed by atoms with Crippen molar-refractivity contribution in [1.29, 1.82) is 0 Å². The lowest BCUT2D eigenvalue weighted by Gasteiger charge is -2.28. The summed E-state index contributed by atoms with van der Waals surface area (Å²) in [6.45, 7) is 2.37. The molecule has 0 atom stereocenters. The lowest BCUT2D eigenvalue weighted by molar-refractivity contribution is -0.143. The first kappa shape index (κ1) is 12.3. The molecule has 2 N–H and O–H groups in total. The zero-order valence-corrected chi connectivity index (χ0v) is 11.0. The second kappa shape index (κ2) is 4.15. The van der Waals surface area contributed by atoms with Crippen LogP contribution in [0.5, 0.6) is 11.5 Å². The van der Waals surface area contributed by atoms with Crippen molar-refractivity contribution in [3.63, 3.8) is 0 Å². The van der Waals surface area contributed by atoms with E-state index in [-0.39, 0.29) is 5.75 Å². The minimum absolute atomic E-state index is 0.147. The highest BCUT2D eigenvalue weighted by molar-refractivity contribution is 5.84. The number of hydrogen-bond acceptors (Lipinski definition) is 3. The van der Waals surface area contributed by atoms with Gasteiger partial charge in [0.25, 0.3) is 0 Å². The molecular formula is C15H18O4. The highest BCUT2D eigenvalue weighted by Crippen LogP contribution is 2.50. The quantitative estimate of drug-likeness (QED) is 0.859. The number of aromatic hydroxyl groups is 1. The van der Waals surface area contributed by atoms with E-state index >= 15 is 0 Å². The van der Waals surface area contributed by atoms with Crippen LogP contribution in [-0.4, -0.2) is 22.8 Å². The molecule has 0 amide bonds. The summed E-state index contributed by atoms with van der Waals surface area (Å²) in [6, 6.07) is 1.81. The van der Waals surface area contributed by atoms with Crippen molar-refractivity contribution in [2.45, 2.75) is 44.4 Å². The molecule has 0 unspecified atom stereocenters. The van der Waals surface area contributed by atoms with Gasteiger partial charge in [-0.2, -0.15) is 0 Å². The number of rotatable bonds is 2. The fourth-order valence-electron chi connectivity index (χ4n) is 3.52. The average molecular weight is 262 g/mol. The number of carboxylic acid groups (broad SMARTS) is 1. The lowest BCUT2D eigenvalue weighted by Crippen LogP contribution is -2.33. The van der Waals surface area contributed by atoms with Crippen molar-refractivity contribution >= 4 is 5.97 Å². The summed E-state index contributed by atoms with van der Waals surface area (Å²) in [5.74, 6) is 0.0753. The van der Waals surface area contributed by atoms with Gasteiger partial charge in [-0.25, -0.2) is 0 Å². The van der Waals surface area contributed by atoms with Gasteiger partial charge in [0.2, 0.25) is 0 Å². The Morgan fingerprint density at radius 2 is 2.05 bits per heavy atom. The van der Waals surface area contributed by atoms with Gasteiger partial charge in [-0.15, -0.1) is 0 Å². The number of phenolic OH excluding ortho intramolecular Hbond substituents is 1.